The summed E-state index contributed by atoms with van der Waals surface area (Å²) in [5.41, 5.74) is 0. The number of aliphatic carboxylic acids is 1. The highest BCUT2D eigenvalue weighted by Crippen LogP contribution is 2.14. The maximum Gasteiger partial charge on any atom is 0.361 e. The Hall–Kier alpha value is -4.05. The summed E-state index contributed by atoms with van der Waals surface area (Å²) in [6.07, 6.45) is 66.0. The average molecular weight is 963 g/mol. The van der Waals surface area contributed by atoms with Gasteiger partial charge >= 0.3 is 17.9 Å². The SMILES string of the molecule is CC/C=C\C/C=C\C/C=C\C/C=C\C/C=C\C/C=C\CCC(=O)OC(COC(=O)CCCCCCCCCCCC/C=C\C/C=C\C/C=C\CCCCCCC)COC(OCC[N+](C)(C)C)C(=O)O. The van der Waals surface area contributed by atoms with Gasteiger partial charge in [0.25, 0.3) is 6.29 Å². The van der Waals surface area contributed by atoms with Gasteiger partial charge in [-0.2, -0.15) is 0 Å². The van der Waals surface area contributed by atoms with Crippen LogP contribution in [0, 0.1) is 0 Å². The van der Waals surface area contributed by atoms with E-state index in [1.165, 1.54) is 77.0 Å². The largest absolute Gasteiger partial charge is 0.477 e. The van der Waals surface area contributed by atoms with Crippen LogP contribution in [0.15, 0.2) is 109 Å². The molecule has 0 spiro atoms. The van der Waals surface area contributed by atoms with Crippen LogP contribution in [0.2, 0.25) is 0 Å². The van der Waals surface area contributed by atoms with E-state index in [4.69, 9.17) is 18.9 Å². The number of hydrogen-bond donors (Lipinski definition) is 1. The highest BCUT2D eigenvalue weighted by Gasteiger charge is 2.25. The Balaban J connectivity index is 4.41. The van der Waals surface area contributed by atoms with Crippen LogP contribution in [-0.4, -0.2) is 87.4 Å². The standard InChI is InChI=1S/C60H99NO8/c1-6-8-10-12-14-16-18-20-22-24-26-27-28-29-30-31-33-34-36-38-40-42-44-46-48-50-57(62)67-54-56(55-68-60(59(64)65)66-53-52-61(3,4)5)69-58(63)51-49-47-45-43-41-39-37-35-32-25-23-21-19-17-15-13-11-9-7-2/h9,11,15,17-18,20-21,23-24,26,28-29,32,35,39,41,45,47,56,60H,6-8,10,12-14,16,19,22,25,27,30-31,33-34,36-38,40,42-44,46,48-55H2,1-5H3/p+1/b11-9-,17-15-,20-18-,23-21-,26-24-,29-28-,35-32-,41-39-,47-45-. The molecule has 392 valence electrons. The van der Waals surface area contributed by atoms with Crippen LogP contribution >= 0.6 is 0 Å². The van der Waals surface area contributed by atoms with Crippen molar-refractivity contribution in [1.29, 1.82) is 0 Å². The lowest BCUT2D eigenvalue weighted by atomic mass is 10.1. The number of hydrogen-bond acceptors (Lipinski definition) is 7. The first kappa shape index (κ1) is 65.0. The first-order valence-electron chi connectivity index (χ1n) is 27.1. The van der Waals surface area contributed by atoms with Crippen LogP contribution in [-0.2, 0) is 33.3 Å². The quantitative estimate of drug-likeness (QED) is 0.0211. The van der Waals surface area contributed by atoms with Crippen LogP contribution < -0.4 is 0 Å². The summed E-state index contributed by atoms with van der Waals surface area (Å²) in [6, 6.07) is 0. The number of carboxylic acids is 1. The molecule has 0 rings (SSSR count). The fourth-order valence-corrected chi connectivity index (χ4v) is 6.87. The summed E-state index contributed by atoms with van der Waals surface area (Å²) < 4.78 is 22.7. The van der Waals surface area contributed by atoms with E-state index >= 15 is 0 Å². The average Bonchev–Trinajstić information content (AvgIpc) is 3.31. The number of nitrogens with zero attached hydrogens (tertiary/aromatic N) is 1. The zero-order valence-corrected chi connectivity index (χ0v) is 44.4. The summed E-state index contributed by atoms with van der Waals surface area (Å²) in [4.78, 5) is 37.3. The Morgan fingerprint density at radius 1 is 0.449 bits per heavy atom. The molecule has 0 aromatic heterocycles. The Labute approximate surface area is 422 Å². The maximum absolute atomic E-state index is 12.8. The third-order valence-corrected chi connectivity index (χ3v) is 11.0. The smallest absolute Gasteiger partial charge is 0.361 e. The van der Waals surface area contributed by atoms with Gasteiger partial charge < -0.3 is 28.5 Å². The van der Waals surface area contributed by atoms with Crippen molar-refractivity contribution in [3.8, 4) is 0 Å². The minimum absolute atomic E-state index is 0.128. The predicted molar refractivity (Wildman–Crippen MR) is 290 cm³/mol. The first-order valence-corrected chi connectivity index (χ1v) is 27.1. The molecule has 0 aliphatic carbocycles. The van der Waals surface area contributed by atoms with Gasteiger partial charge in [-0.25, -0.2) is 4.79 Å². The number of likely N-dealkylation sites (N-methyl/N-ethyl adjacent to an activating group) is 1. The molecule has 0 amide bonds. The van der Waals surface area contributed by atoms with Crippen molar-refractivity contribution in [2.75, 3.05) is 47.5 Å². The van der Waals surface area contributed by atoms with Crippen LogP contribution in [0.4, 0.5) is 0 Å². The molecule has 0 aliphatic heterocycles. The van der Waals surface area contributed by atoms with Crippen LogP contribution in [0.3, 0.4) is 0 Å². The fraction of sp³-hybridized carbons (Fsp3) is 0.650. The second-order valence-electron chi connectivity index (χ2n) is 18.8. The number of carbonyl (C=O) groups is 3. The summed E-state index contributed by atoms with van der Waals surface area (Å²) in [6.45, 7) is 4.64. The lowest BCUT2D eigenvalue weighted by molar-refractivity contribution is -0.870. The molecule has 1 N–H and O–H groups in total. The number of quaternary nitrogens is 1. The summed E-state index contributed by atoms with van der Waals surface area (Å²) in [5.74, 6) is -2.14. The molecule has 9 heteroatoms. The van der Waals surface area contributed by atoms with Crippen LogP contribution in [0.1, 0.15) is 194 Å². The Morgan fingerprint density at radius 3 is 1.29 bits per heavy atom. The first-order chi connectivity index (χ1) is 33.6. The van der Waals surface area contributed by atoms with Gasteiger partial charge in [0.1, 0.15) is 13.2 Å². The number of rotatable bonds is 48. The van der Waals surface area contributed by atoms with Crippen molar-refractivity contribution in [3.63, 3.8) is 0 Å². The molecule has 0 saturated carbocycles. The van der Waals surface area contributed by atoms with Gasteiger partial charge in [0, 0.05) is 12.8 Å². The van der Waals surface area contributed by atoms with E-state index in [2.05, 4.69) is 111 Å². The molecule has 0 heterocycles. The van der Waals surface area contributed by atoms with Gasteiger partial charge in [0.15, 0.2) is 6.10 Å². The number of esters is 2. The van der Waals surface area contributed by atoms with E-state index in [0.717, 1.165) is 83.5 Å². The van der Waals surface area contributed by atoms with Gasteiger partial charge in [-0.05, 0) is 89.9 Å². The highest BCUT2D eigenvalue weighted by atomic mass is 16.7. The predicted octanol–water partition coefficient (Wildman–Crippen LogP) is 15.6. The molecular weight excluding hydrogens is 863 g/mol. The Bertz CT molecular complexity index is 1490. The molecular formula is C60H100NO8+. The lowest BCUT2D eigenvalue weighted by Gasteiger charge is -2.25. The normalized spacial score (nSPS) is 13.7. The molecule has 0 aromatic rings. The Kier molecular flexibility index (Phi) is 47.4. The molecule has 0 saturated heterocycles. The molecule has 0 bridgehead atoms. The van der Waals surface area contributed by atoms with Crippen molar-refractivity contribution >= 4 is 17.9 Å². The molecule has 2 unspecified atom stereocenters. The minimum Gasteiger partial charge on any atom is -0.477 e. The summed E-state index contributed by atoms with van der Waals surface area (Å²) in [7, 11) is 5.93. The van der Waals surface area contributed by atoms with Crippen molar-refractivity contribution in [3.05, 3.63) is 109 Å². The highest BCUT2D eigenvalue weighted by molar-refractivity contribution is 5.71. The number of unbranched alkanes of at least 4 members (excludes halogenated alkanes) is 15. The van der Waals surface area contributed by atoms with E-state index in [1.807, 2.05) is 33.3 Å². The van der Waals surface area contributed by atoms with Crippen LogP contribution in [0.5, 0.6) is 0 Å². The van der Waals surface area contributed by atoms with E-state index in [0.29, 0.717) is 17.4 Å². The molecule has 0 aliphatic rings. The molecule has 9 nitrogen and oxygen atoms in total. The second kappa shape index (κ2) is 50.3. The van der Waals surface area contributed by atoms with Crippen molar-refractivity contribution < 1.29 is 42.9 Å². The summed E-state index contributed by atoms with van der Waals surface area (Å²) >= 11 is 0. The van der Waals surface area contributed by atoms with Gasteiger partial charge in [-0.15, -0.1) is 0 Å². The van der Waals surface area contributed by atoms with E-state index < -0.39 is 24.3 Å². The van der Waals surface area contributed by atoms with E-state index in [-0.39, 0.29) is 38.6 Å². The van der Waals surface area contributed by atoms with Crippen LogP contribution in [0.25, 0.3) is 0 Å². The number of ether oxygens (including phenoxy) is 4. The Morgan fingerprint density at radius 2 is 0.855 bits per heavy atom. The molecule has 2 atom stereocenters. The second-order valence-corrected chi connectivity index (χ2v) is 18.8. The van der Waals surface area contributed by atoms with Crippen molar-refractivity contribution in [1.82, 2.24) is 0 Å². The van der Waals surface area contributed by atoms with E-state index in [9.17, 15) is 19.5 Å². The minimum atomic E-state index is -1.54. The van der Waals surface area contributed by atoms with Crippen molar-refractivity contribution in [2.24, 2.45) is 0 Å². The number of carbonyl (C=O) groups excluding carboxylic acids is 2. The monoisotopic (exact) mass is 963 g/mol. The van der Waals surface area contributed by atoms with E-state index in [1.54, 1.807) is 0 Å². The van der Waals surface area contributed by atoms with Crippen molar-refractivity contribution in [2.45, 2.75) is 206 Å². The molecule has 0 fully saturated rings. The maximum atomic E-state index is 12.8. The zero-order chi connectivity index (χ0) is 50.6. The lowest BCUT2D eigenvalue weighted by Crippen LogP contribution is -2.40. The number of carboxylic acid groups (broad SMARTS) is 1. The van der Waals surface area contributed by atoms with Gasteiger partial charge in [0.2, 0.25) is 0 Å². The van der Waals surface area contributed by atoms with Gasteiger partial charge in [-0.1, -0.05) is 200 Å². The molecule has 0 radical (unpaired) electrons. The summed E-state index contributed by atoms with van der Waals surface area (Å²) in [5, 5.41) is 9.68. The number of allylic oxidation sites excluding steroid dienone is 18. The van der Waals surface area contributed by atoms with Gasteiger partial charge in [0.05, 0.1) is 34.4 Å². The fourth-order valence-electron chi connectivity index (χ4n) is 6.87. The zero-order valence-electron chi connectivity index (χ0n) is 44.4. The third kappa shape index (κ3) is 51.6. The van der Waals surface area contributed by atoms with Gasteiger partial charge in [-0.3, -0.25) is 9.59 Å². The molecule has 0 aromatic carbocycles. The molecule has 69 heavy (non-hydrogen) atoms. The third-order valence-electron chi connectivity index (χ3n) is 11.0. The topological polar surface area (TPSA) is 108 Å².